The minimum absolute atomic E-state index is 0.0961. The van der Waals surface area contributed by atoms with E-state index in [0.717, 1.165) is 32.1 Å². The van der Waals surface area contributed by atoms with Crippen LogP contribution in [0.4, 0.5) is 5.69 Å². The molecule has 8 heteroatoms. The number of hydrogen-bond donors (Lipinski definition) is 1. The maximum atomic E-state index is 14.1. The van der Waals surface area contributed by atoms with Crippen LogP contribution in [0.25, 0.3) is 0 Å². The van der Waals surface area contributed by atoms with E-state index in [0.29, 0.717) is 12.1 Å². The summed E-state index contributed by atoms with van der Waals surface area (Å²) in [5.74, 6) is -0.725. The highest BCUT2D eigenvalue weighted by molar-refractivity contribution is 7.92. The summed E-state index contributed by atoms with van der Waals surface area (Å²) in [5.41, 5.74) is 5.18. The first-order valence-electron chi connectivity index (χ1n) is 13.7. The maximum absolute atomic E-state index is 14.1. The lowest BCUT2D eigenvalue weighted by molar-refractivity contribution is -0.140. The SMILES string of the molecule is CC[C@H](C(=O)NC(C)C)N(Cc1ccc(C)cc1)C(=O)CN(c1ccc(C)c(C)c1)S(=O)(=O)c1ccc(C)cc1. The number of rotatable bonds is 11. The van der Waals surface area contributed by atoms with Gasteiger partial charge in [0.15, 0.2) is 0 Å². The number of carbonyl (C=O) groups is 2. The molecule has 0 aromatic heterocycles. The molecule has 214 valence electrons. The van der Waals surface area contributed by atoms with Crippen molar-refractivity contribution in [2.24, 2.45) is 0 Å². The molecule has 3 aromatic carbocycles. The van der Waals surface area contributed by atoms with Crippen molar-refractivity contribution in [3.63, 3.8) is 0 Å². The second-order valence-electron chi connectivity index (χ2n) is 10.7. The van der Waals surface area contributed by atoms with E-state index in [1.54, 1.807) is 36.4 Å². The largest absolute Gasteiger partial charge is 0.352 e. The van der Waals surface area contributed by atoms with Crippen LogP contribution in [0, 0.1) is 27.7 Å². The van der Waals surface area contributed by atoms with Crippen molar-refractivity contribution >= 4 is 27.5 Å². The van der Waals surface area contributed by atoms with Gasteiger partial charge in [-0.15, -0.1) is 0 Å². The zero-order valence-electron chi connectivity index (χ0n) is 24.6. The fraction of sp³-hybridized carbons (Fsp3) is 0.375. The summed E-state index contributed by atoms with van der Waals surface area (Å²) in [6, 6.07) is 18.8. The van der Waals surface area contributed by atoms with Crippen LogP contribution < -0.4 is 9.62 Å². The van der Waals surface area contributed by atoms with Crippen molar-refractivity contribution in [3.8, 4) is 0 Å². The summed E-state index contributed by atoms with van der Waals surface area (Å²) in [6.07, 6.45) is 0.379. The Hall–Kier alpha value is -3.65. The van der Waals surface area contributed by atoms with Crippen molar-refractivity contribution in [2.45, 2.75) is 78.4 Å². The van der Waals surface area contributed by atoms with Crippen LogP contribution in [-0.4, -0.2) is 43.8 Å². The van der Waals surface area contributed by atoms with Gasteiger partial charge in [0.1, 0.15) is 12.6 Å². The lowest BCUT2D eigenvalue weighted by atomic mass is 10.1. The zero-order valence-corrected chi connectivity index (χ0v) is 25.4. The van der Waals surface area contributed by atoms with Crippen LogP contribution in [0.2, 0.25) is 0 Å². The zero-order chi connectivity index (χ0) is 29.6. The van der Waals surface area contributed by atoms with Crippen molar-refractivity contribution in [1.29, 1.82) is 0 Å². The van der Waals surface area contributed by atoms with E-state index >= 15 is 0 Å². The highest BCUT2D eigenvalue weighted by atomic mass is 32.2. The Bertz CT molecular complexity index is 1430. The summed E-state index contributed by atoms with van der Waals surface area (Å²) in [7, 11) is -4.09. The van der Waals surface area contributed by atoms with E-state index in [1.165, 1.54) is 4.90 Å². The van der Waals surface area contributed by atoms with Gasteiger partial charge in [-0.3, -0.25) is 13.9 Å². The molecule has 0 aliphatic rings. The van der Waals surface area contributed by atoms with Crippen LogP contribution in [0.1, 0.15) is 55.0 Å². The first-order chi connectivity index (χ1) is 18.8. The Morgan fingerprint density at radius 1 is 0.825 bits per heavy atom. The molecule has 0 saturated carbocycles. The number of amides is 2. The standard InChI is InChI=1S/C32H41N3O4S/c1-8-30(32(37)33-22(2)3)34(20-27-14-9-23(4)10-15-27)31(36)21-35(28-16-13-25(6)26(7)19-28)40(38,39)29-17-11-24(5)12-18-29/h9-19,22,30H,8,20-21H2,1-7H3,(H,33,37)/t30-/m1/s1. The fourth-order valence-corrected chi connectivity index (χ4v) is 5.84. The van der Waals surface area contributed by atoms with Crippen LogP contribution >= 0.6 is 0 Å². The third-order valence-electron chi connectivity index (χ3n) is 6.96. The Morgan fingerprint density at radius 3 is 1.93 bits per heavy atom. The Balaban J connectivity index is 2.08. The second kappa shape index (κ2) is 13.1. The van der Waals surface area contributed by atoms with Gasteiger partial charge in [0, 0.05) is 12.6 Å². The average Bonchev–Trinajstić information content (AvgIpc) is 2.89. The van der Waals surface area contributed by atoms with Gasteiger partial charge in [-0.05, 0) is 88.9 Å². The van der Waals surface area contributed by atoms with E-state index in [4.69, 9.17) is 0 Å². The summed E-state index contributed by atoms with van der Waals surface area (Å²) < 4.78 is 29.1. The molecule has 1 N–H and O–H groups in total. The topological polar surface area (TPSA) is 86.8 Å². The van der Waals surface area contributed by atoms with Crippen LogP contribution in [-0.2, 0) is 26.2 Å². The van der Waals surface area contributed by atoms with Crippen LogP contribution in [0.5, 0.6) is 0 Å². The van der Waals surface area contributed by atoms with Crippen LogP contribution in [0.15, 0.2) is 71.6 Å². The average molecular weight is 564 g/mol. The Kier molecular flexibility index (Phi) is 10.1. The number of sulfonamides is 1. The predicted octanol–water partition coefficient (Wildman–Crippen LogP) is 5.45. The first-order valence-corrected chi connectivity index (χ1v) is 15.1. The highest BCUT2D eigenvalue weighted by Gasteiger charge is 2.34. The Labute approximate surface area is 239 Å². The molecule has 2 amide bonds. The molecule has 3 aromatic rings. The van der Waals surface area contributed by atoms with Crippen LogP contribution in [0.3, 0.4) is 0 Å². The molecule has 0 unspecified atom stereocenters. The lowest BCUT2D eigenvalue weighted by Gasteiger charge is -2.33. The molecule has 0 spiro atoms. The molecule has 0 aliphatic heterocycles. The van der Waals surface area contributed by atoms with E-state index < -0.39 is 28.5 Å². The molecule has 0 radical (unpaired) electrons. The van der Waals surface area contributed by atoms with Crippen molar-refractivity contribution in [1.82, 2.24) is 10.2 Å². The molecule has 40 heavy (non-hydrogen) atoms. The third-order valence-corrected chi connectivity index (χ3v) is 8.74. The molecule has 0 saturated heterocycles. The molecule has 7 nitrogen and oxygen atoms in total. The van der Waals surface area contributed by atoms with Gasteiger partial charge < -0.3 is 10.2 Å². The summed E-state index contributed by atoms with van der Waals surface area (Å²) in [5, 5.41) is 2.92. The predicted molar refractivity (Wildman–Crippen MR) is 161 cm³/mol. The van der Waals surface area contributed by atoms with Gasteiger partial charge in [-0.25, -0.2) is 8.42 Å². The molecule has 3 rings (SSSR count). The number of anilines is 1. The minimum Gasteiger partial charge on any atom is -0.352 e. The summed E-state index contributed by atoms with van der Waals surface area (Å²) in [4.78, 5) is 28.9. The molecular weight excluding hydrogens is 522 g/mol. The van der Waals surface area contributed by atoms with Gasteiger partial charge in [-0.1, -0.05) is 60.5 Å². The van der Waals surface area contributed by atoms with E-state index in [9.17, 15) is 18.0 Å². The molecule has 1 atom stereocenters. The quantitative estimate of drug-likeness (QED) is 0.336. The van der Waals surface area contributed by atoms with Gasteiger partial charge >= 0.3 is 0 Å². The molecule has 0 aliphatic carbocycles. The summed E-state index contributed by atoms with van der Waals surface area (Å²) in [6.45, 7) is 13.0. The number of carbonyl (C=O) groups excluding carboxylic acids is 2. The first kappa shape index (κ1) is 30.9. The number of nitrogens with one attached hydrogen (secondary N) is 1. The molecule has 0 fully saturated rings. The van der Waals surface area contributed by atoms with Gasteiger partial charge in [0.05, 0.1) is 10.6 Å². The van der Waals surface area contributed by atoms with Gasteiger partial charge in [0.25, 0.3) is 10.0 Å². The second-order valence-corrected chi connectivity index (χ2v) is 12.6. The number of hydrogen-bond acceptors (Lipinski definition) is 4. The number of nitrogens with zero attached hydrogens (tertiary/aromatic N) is 2. The maximum Gasteiger partial charge on any atom is 0.264 e. The van der Waals surface area contributed by atoms with Crippen molar-refractivity contribution in [3.05, 3.63) is 94.5 Å². The van der Waals surface area contributed by atoms with E-state index in [1.807, 2.05) is 78.8 Å². The molecule has 0 heterocycles. The van der Waals surface area contributed by atoms with Gasteiger partial charge in [0.2, 0.25) is 11.8 Å². The monoisotopic (exact) mass is 563 g/mol. The number of benzene rings is 3. The summed E-state index contributed by atoms with van der Waals surface area (Å²) >= 11 is 0. The normalized spacial score (nSPS) is 12.2. The van der Waals surface area contributed by atoms with E-state index in [2.05, 4.69) is 5.32 Å². The smallest absolute Gasteiger partial charge is 0.264 e. The highest BCUT2D eigenvalue weighted by Crippen LogP contribution is 2.27. The molecular formula is C32H41N3O4S. The third kappa shape index (κ3) is 7.50. The minimum atomic E-state index is -4.09. The lowest BCUT2D eigenvalue weighted by Crippen LogP contribution is -2.53. The van der Waals surface area contributed by atoms with Crippen molar-refractivity contribution in [2.75, 3.05) is 10.8 Å². The van der Waals surface area contributed by atoms with Gasteiger partial charge in [-0.2, -0.15) is 0 Å². The van der Waals surface area contributed by atoms with E-state index in [-0.39, 0.29) is 23.4 Å². The number of aryl methyl sites for hydroxylation is 4. The Morgan fingerprint density at radius 2 is 1.40 bits per heavy atom. The molecule has 0 bridgehead atoms. The fourth-order valence-electron chi connectivity index (χ4n) is 4.44. The van der Waals surface area contributed by atoms with Crippen molar-refractivity contribution < 1.29 is 18.0 Å².